The van der Waals surface area contributed by atoms with Gasteiger partial charge in [-0.05, 0) is 12.5 Å². The first-order valence-electron chi connectivity index (χ1n) is 5.42. The first-order chi connectivity index (χ1) is 8.63. The second kappa shape index (κ2) is 4.79. The molecule has 92 valence electrons. The summed E-state index contributed by atoms with van der Waals surface area (Å²) in [6.07, 6.45) is 2.09. The molecule has 1 aliphatic heterocycles. The van der Waals surface area contributed by atoms with Gasteiger partial charge in [-0.25, -0.2) is 0 Å². The van der Waals surface area contributed by atoms with E-state index in [2.05, 4.69) is 15.5 Å². The van der Waals surface area contributed by atoms with Crippen molar-refractivity contribution in [1.82, 2.24) is 15.1 Å². The number of nitrogens with zero attached hydrogens (tertiary/aromatic N) is 4. The molecular weight excluding hydrogens is 234 g/mol. The molecule has 0 aromatic carbocycles. The Hall–Kier alpha value is -2.49. The van der Waals surface area contributed by atoms with Gasteiger partial charge in [0.15, 0.2) is 5.82 Å². The molecular formula is C11H11N5O2. The number of rotatable bonds is 2. The molecule has 2 heterocycles. The van der Waals surface area contributed by atoms with Gasteiger partial charge in [0.2, 0.25) is 5.91 Å². The van der Waals surface area contributed by atoms with E-state index < -0.39 is 6.04 Å². The van der Waals surface area contributed by atoms with Gasteiger partial charge in [-0.3, -0.25) is 14.5 Å². The Morgan fingerprint density at radius 1 is 1.56 bits per heavy atom. The number of hydrogen-bond donors (Lipinski definition) is 1. The Balaban J connectivity index is 2.17. The third-order valence-corrected chi connectivity index (χ3v) is 2.80. The lowest BCUT2D eigenvalue weighted by molar-refractivity contribution is -0.146. The fourth-order valence-electron chi connectivity index (χ4n) is 1.74. The fourth-order valence-corrected chi connectivity index (χ4v) is 1.74. The van der Waals surface area contributed by atoms with Gasteiger partial charge in [0.1, 0.15) is 12.1 Å². The lowest BCUT2D eigenvalue weighted by atomic mass is 10.0. The largest absolute Gasteiger partial charge is 0.356 e. The summed E-state index contributed by atoms with van der Waals surface area (Å²) in [5, 5.41) is 19.2. The summed E-state index contributed by atoms with van der Waals surface area (Å²) in [5.41, 5.74) is 0.317. The van der Waals surface area contributed by atoms with E-state index in [1.54, 1.807) is 0 Å². The molecule has 2 rings (SSSR count). The molecule has 1 unspecified atom stereocenters. The lowest BCUT2D eigenvalue weighted by Crippen LogP contribution is -2.48. The Kier molecular flexibility index (Phi) is 3.19. The van der Waals surface area contributed by atoms with E-state index >= 15 is 0 Å². The summed E-state index contributed by atoms with van der Waals surface area (Å²) >= 11 is 0. The molecule has 7 nitrogen and oxygen atoms in total. The van der Waals surface area contributed by atoms with Crippen LogP contribution in [0.25, 0.3) is 0 Å². The minimum absolute atomic E-state index is 0.197. The maximum absolute atomic E-state index is 11.9. The minimum Gasteiger partial charge on any atom is -0.356 e. The number of nitriles is 1. The predicted octanol–water partition coefficient (Wildman–Crippen LogP) is -0.0924. The van der Waals surface area contributed by atoms with Gasteiger partial charge in [0.05, 0.1) is 11.8 Å². The molecule has 1 saturated heterocycles. The molecule has 1 aliphatic rings. The van der Waals surface area contributed by atoms with E-state index in [9.17, 15) is 9.59 Å². The van der Waals surface area contributed by atoms with Gasteiger partial charge in [-0.1, -0.05) is 0 Å². The number of carbonyl (C=O) groups excluding carboxylic acids is 2. The van der Waals surface area contributed by atoms with Crippen LogP contribution in [0.3, 0.4) is 0 Å². The maximum atomic E-state index is 11.9. The zero-order chi connectivity index (χ0) is 13.1. The number of anilines is 1. The number of likely N-dealkylation sites (N-methyl/N-ethyl adjacent to an activating group) is 1. The first kappa shape index (κ1) is 12.0. The SMILES string of the molecule is CN1C(=O)CCC(Nc2nnccc2C#N)C1=O. The maximum Gasteiger partial charge on any atom is 0.251 e. The molecule has 2 amide bonds. The smallest absolute Gasteiger partial charge is 0.251 e. The molecule has 0 radical (unpaired) electrons. The molecule has 0 bridgehead atoms. The summed E-state index contributed by atoms with van der Waals surface area (Å²) in [6.45, 7) is 0. The lowest BCUT2D eigenvalue weighted by Gasteiger charge is -2.28. The highest BCUT2D eigenvalue weighted by Crippen LogP contribution is 2.17. The molecule has 0 spiro atoms. The summed E-state index contributed by atoms with van der Waals surface area (Å²) in [5.74, 6) is -0.250. The molecule has 1 fully saturated rings. The molecule has 7 heteroatoms. The van der Waals surface area contributed by atoms with E-state index in [0.29, 0.717) is 18.4 Å². The Labute approximate surface area is 103 Å². The van der Waals surface area contributed by atoms with Crippen LogP contribution >= 0.6 is 0 Å². The normalized spacial score (nSPS) is 19.6. The van der Waals surface area contributed by atoms with Crippen molar-refractivity contribution in [3.8, 4) is 6.07 Å². The van der Waals surface area contributed by atoms with E-state index in [1.165, 1.54) is 19.3 Å². The number of hydrogen-bond acceptors (Lipinski definition) is 6. The number of carbonyl (C=O) groups is 2. The summed E-state index contributed by atoms with van der Waals surface area (Å²) < 4.78 is 0. The number of imide groups is 1. The van der Waals surface area contributed by atoms with Crippen molar-refractivity contribution in [3.63, 3.8) is 0 Å². The van der Waals surface area contributed by atoms with E-state index in [4.69, 9.17) is 5.26 Å². The zero-order valence-corrected chi connectivity index (χ0v) is 9.75. The number of likely N-dealkylation sites (tertiary alicyclic amines) is 1. The highest BCUT2D eigenvalue weighted by Gasteiger charge is 2.32. The van der Waals surface area contributed by atoms with Crippen molar-refractivity contribution < 1.29 is 9.59 Å². The quantitative estimate of drug-likeness (QED) is 0.731. The van der Waals surface area contributed by atoms with Gasteiger partial charge in [0.25, 0.3) is 5.91 Å². The monoisotopic (exact) mass is 245 g/mol. The molecule has 1 atom stereocenters. The van der Waals surface area contributed by atoms with E-state index in [0.717, 1.165) is 4.90 Å². The van der Waals surface area contributed by atoms with Gasteiger partial charge >= 0.3 is 0 Å². The van der Waals surface area contributed by atoms with Crippen LogP contribution in [0.15, 0.2) is 12.3 Å². The van der Waals surface area contributed by atoms with Crippen LogP contribution in [0, 0.1) is 11.3 Å². The van der Waals surface area contributed by atoms with E-state index in [-0.39, 0.29) is 17.6 Å². The Morgan fingerprint density at radius 2 is 2.33 bits per heavy atom. The summed E-state index contributed by atoms with van der Waals surface area (Å²) in [4.78, 5) is 24.3. The number of amides is 2. The molecule has 0 aliphatic carbocycles. The van der Waals surface area contributed by atoms with Crippen LogP contribution in [-0.2, 0) is 9.59 Å². The molecule has 18 heavy (non-hydrogen) atoms. The predicted molar refractivity (Wildman–Crippen MR) is 61.2 cm³/mol. The molecule has 1 aromatic heterocycles. The van der Waals surface area contributed by atoms with Crippen LogP contribution in [0.4, 0.5) is 5.82 Å². The molecule has 0 saturated carbocycles. The molecule has 1 N–H and O–H groups in total. The number of aromatic nitrogens is 2. The zero-order valence-electron chi connectivity index (χ0n) is 9.75. The second-order valence-corrected chi connectivity index (χ2v) is 3.93. The topological polar surface area (TPSA) is 99.0 Å². The fraction of sp³-hybridized carbons (Fsp3) is 0.364. The average molecular weight is 245 g/mol. The van der Waals surface area contributed by atoms with Crippen molar-refractivity contribution in [2.45, 2.75) is 18.9 Å². The second-order valence-electron chi connectivity index (χ2n) is 3.93. The number of piperidine rings is 1. The van der Waals surface area contributed by atoms with Crippen molar-refractivity contribution in [1.29, 1.82) is 5.26 Å². The molecule has 1 aromatic rings. The van der Waals surface area contributed by atoms with Crippen molar-refractivity contribution in [3.05, 3.63) is 17.8 Å². The van der Waals surface area contributed by atoms with Crippen molar-refractivity contribution >= 4 is 17.6 Å². The highest BCUT2D eigenvalue weighted by atomic mass is 16.2. The standard InChI is InChI=1S/C11H11N5O2/c1-16-9(17)3-2-8(11(16)18)14-10-7(6-12)4-5-13-15-10/h4-5,8H,2-3H2,1H3,(H,14,15). The van der Waals surface area contributed by atoms with Crippen molar-refractivity contribution in [2.24, 2.45) is 0 Å². The van der Waals surface area contributed by atoms with Crippen molar-refractivity contribution in [2.75, 3.05) is 12.4 Å². The first-order valence-corrected chi connectivity index (χ1v) is 5.42. The number of nitrogens with one attached hydrogen (secondary N) is 1. The highest BCUT2D eigenvalue weighted by molar-refractivity contribution is 6.01. The third kappa shape index (κ3) is 2.13. The van der Waals surface area contributed by atoms with Crippen LogP contribution in [-0.4, -0.2) is 40.0 Å². The van der Waals surface area contributed by atoms with E-state index in [1.807, 2.05) is 6.07 Å². The summed E-state index contributed by atoms with van der Waals surface area (Å²) in [6, 6.07) is 2.93. The van der Waals surface area contributed by atoms with Gasteiger partial charge in [-0.2, -0.15) is 10.4 Å². The Morgan fingerprint density at radius 3 is 3.06 bits per heavy atom. The average Bonchev–Trinajstić information content (AvgIpc) is 2.40. The van der Waals surface area contributed by atoms with Crippen LogP contribution in [0.2, 0.25) is 0 Å². The third-order valence-electron chi connectivity index (χ3n) is 2.80. The van der Waals surface area contributed by atoms with Crippen LogP contribution < -0.4 is 5.32 Å². The van der Waals surface area contributed by atoms with Gasteiger partial charge < -0.3 is 5.32 Å². The summed E-state index contributed by atoms with van der Waals surface area (Å²) in [7, 11) is 1.44. The Bertz CT molecular complexity index is 536. The van der Waals surface area contributed by atoms with Gasteiger partial charge in [0, 0.05) is 13.5 Å². The van der Waals surface area contributed by atoms with Crippen LogP contribution in [0.5, 0.6) is 0 Å². The van der Waals surface area contributed by atoms with Gasteiger partial charge in [-0.15, -0.1) is 5.10 Å². The minimum atomic E-state index is -0.545. The van der Waals surface area contributed by atoms with Crippen LogP contribution in [0.1, 0.15) is 18.4 Å².